The van der Waals surface area contributed by atoms with Crippen LogP contribution in [0.3, 0.4) is 0 Å². The summed E-state index contributed by atoms with van der Waals surface area (Å²) in [5.41, 5.74) is 3.19. The van der Waals surface area contributed by atoms with E-state index in [0.29, 0.717) is 6.42 Å². The fourth-order valence-electron chi connectivity index (χ4n) is 4.19. The minimum absolute atomic E-state index is 0.261. The van der Waals surface area contributed by atoms with Gasteiger partial charge >= 0.3 is 0 Å². The summed E-state index contributed by atoms with van der Waals surface area (Å²) in [6.07, 6.45) is 7.61. The molecule has 2 aliphatic heterocycles. The van der Waals surface area contributed by atoms with E-state index in [9.17, 15) is 4.79 Å². The van der Waals surface area contributed by atoms with Crippen LogP contribution < -0.4 is 4.90 Å². The zero-order chi connectivity index (χ0) is 18.8. The van der Waals surface area contributed by atoms with Crippen molar-refractivity contribution >= 4 is 11.7 Å². The molecule has 0 atom stereocenters. The zero-order valence-electron chi connectivity index (χ0n) is 16.3. The molecule has 0 spiro atoms. The molecule has 2 aromatic rings. The van der Waals surface area contributed by atoms with Crippen LogP contribution in [0.1, 0.15) is 49.1 Å². The van der Waals surface area contributed by atoms with Gasteiger partial charge in [0.2, 0.25) is 5.91 Å². The number of carbonyl (C=O) groups excluding carboxylic acids is 1. The summed E-state index contributed by atoms with van der Waals surface area (Å²) < 4.78 is 1.90. The lowest BCUT2D eigenvalue weighted by atomic mass is 10.1. The van der Waals surface area contributed by atoms with Crippen molar-refractivity contribution in [1.29, 1.82) is 0 Å². The van der Waals surface area contributed by atoms with Crippen molar-refractivity contribution in [2.75, 3.05) is 31.1 Å². The van der Waals surface area contributed by atoms with Gasteiger partial charge in [0.25, 0.3) is 0 Å². The van der Waals surface area contributed by atoms with Crippen LogP contribution in [0.15, 0.2) is 12.4 Å². The Labute approximate surface area is 160 Å². The summed E-state index contributed by atoms with van der Waals surface area (Å²) in [5.74, 6) is 2.03. The van der Waals surface area contributed by atoms with Gasteiger partial charge in [-0.3, -0.25) is 4.79 Å². The average Bonchev–Trinajstić information content (AvgIpc) is 3.43. The average molecular weight is 368 g/mol. The molecule has 4 rings (SSSR count). The van der Waals surface area contributed by atoms with Crippen molar-refractivity contribution in [1.82, 2.24) is 24.6 Å². The SMILES string of the molecule is Cc1nn(-c2cc(N3CCCC3)ncn2)c(C)c1CCC(=O)N1CCCC1. The largest absolute Gasteiger partial charge is 0.356 e. The van der Waals surface area contributed by atoms with Crippen LogP contribution in [0.5, 0.6) is 0 Å². The van der Waals surface area contributed by atoms with Gasteiger partial charge in [-0.15, -0.1) is 0 Å². The third-order valence-corrected chi connectivity index (χ3v) is 5.77. The lowest BCUT2D eigenvalue weighted by molar-refractivity contribution is -0.130. The standard InChI is InChI=1S/C20H28N6O/c1-15-17(7-8-20(27)25-11-5-6-12-25)16(2)26(23-15)19-13-18(21-14-22-19)24-9-3-4-10-24/h13-14H,3-12H2,1-2H3. The van der Waals surface area contributed by atoms with E-state index in [1.54, 1.807) is 6.33 Å². The topological polar surface area (TPSA) is 67.2 Å². The second kappa shape index (κ2) is 7.66. The number of nitrogens with zero attached hydrogens (tertiary/aromatic N) is 6. The first-order valence-electron chi connectivity index (χ1n) is 10.0. The van der Waals surface area contributed by atoms with Gasteiger partial charge in [0.05, 0.1) is 5.69 Å². The normalized spacial score (nSPS) is 17.1. The smallest absolute Gasteiger partial charge is 0.222 e. The van der Waals surface area contributed by atoms with Gasteiger partial charge in [0.1, 0.15) is 12.1 Å². The fraction of sp³-hybridized carbons (Fsp3) is 0.600. The number of aryl methyl sites for hydroxylation is 1. The van der Waals surface area contributed by atoms with Gasteiger partial charge in [-0.1, -0.05) is 0 Å². The van der Waals surface area contributed by atoms with E-state index in [2.05, 4.69) is 21.8 Å². The van der Waals surface area contributed by atoms with Crippen molar-refractivity contribution < 1.29 is 4.79 Å². The number of hydrogen-bond donors (Lipinski definition) is 0. The van der Waals surface area contributed by atoms with Gasteiger partial charge in [0, 0.05) is 44.4 Å². The Kier molecular flexibility index (Phi) is 5.09. The molecule has 2 fully saturated rings. The molecular weight excluding hydrogens is 340 g/mol. The highest BCUT2D eigenvalue weighted by Crippen LogP contribution is 2.22. The number of hydrogen-bond acceptors (Lipinski definition) is 5. The maximum Gasteiger partial charge on any atom is 0.222 e. The molecule has 0 radical (unpaired) electrons. The van der Waals surface area contributed by atoms with Crippen LogP contribution in [0.4, 0.5) is 5.82 Å². The summed E-state index contributed by atoms with van der Waals surface area (Å²) >= 11 is 0. The van der Waals surface area contributed by atoms with Crippen LogP contribution in [0.2, 0.25) is 0 Å². The van der Waals surface area contributed by atoms with Gasteiger partial charge in [-0.2, -0.15) is 5.10 Å². The zero-order valence-corrected chi connectivity index (χ0v) is 16.3. The van der Waals surface area contributed by atoms with Crippen molar-refractivity contribution in [3.63, 3.8) is 0 Å². The minimum atomic E-state index is 0.261. The molecule has 7 heteroatoms. The van der Waals surface area contributed by atoms with Crippen LogP contribution >= 0.6 is 0 Å². The Balaban J connectivity index is 1.52. The highest BCUT2D eigenvalue weighted by molar-refractivity contribution is 5.76. The maximum atomic E-state index is 12.4. The number of amides is 1. The monoisotopic (exact) mass is 368 g/mol. The summed E-state index contributed by atoms with van der Waals surface area (Å²) in [5, 5.41) is 4.71. The van der Waals surface area contributed by atoms with Crippen LogP contribution in [-0.2, 0) is 11.2 Å². The van der Waals surface area contributed by atoms with E-state index in [-0.39, 0.29) is 5.91 Å². The molecule has 27 heavy (non-hydrogen) atoms. The highest BCUT2D eigenvalue weighted by Gasteiger charge is 2.21. The van der Waals surface area contributed by atoms with E-state index in [0.717, 1.165) is 74.0 Å². The lowest BCUT2D eigenvalue weighted by Crippen LogP contribution is -2.27. The molecule has 0 N–H and O–H groups in total. The maximum absolute atomic E-state index is 12.4. The number of rotatable bonds is 5. The van der Waals surface area contributed by atoms with E-state index in [1.165, 1.54) is 12.8 Å². The fourth-order valence-corrected chi connectivity index (χ4v) is 4.19. The van der Waals surface area contributed by atoms with E-state index < -0.39 is 0 Å². The second-order valence-electron chi connectivity index (χ2n) is 7.58. The summed E-state index contributed by atoms with van der Waals surface area (Å²) in [4.78, 5) is 25.5. The highest BCUT2D eigenvalue weighted by atomic mass is 16.2. The van der Waals surface area contributed by atoms with E-state index in [1.807, 2.05) is 22.6 Å². The number of carbonyl (C=O) groups is 1. The minimum Gasteiger partial charge on any atom is -0.356 e. The quantitative estimate of drug-likeness (QED) is 0.811. The Morgan fingerprint density at radius 1 is 1.00 bits per heavy atom. The van der Waals surface area contributed by atoms with Gasteiger partial charge in [-0.25, -0.2) is 14.6 Å². The molecule has 7 nitrogen and oxygen atoms in total. The summed E-state index contributed by atoms with van der Waals surface area (Å²) in [7, 11) is 0. The Bertz CT molecular complexity index is 818. The summed E-state index contributed by atoms with van der Waals surface area (Å²) in [6, 6.07) is 2.02. The van der Waals surface area contributed by atoms with Crippen molar-refractivity contribution in [3.05, 3.63) is 29.3 Å². The third-order valence-electron chi connectivity index (χ3n) is 5.77. The Hall–Kier alpha value is -2.44. The molecule has 2 saturated heterocycles. The predicted molar refractivity (Wildman–Crippen MR) is 104 cm³/mol. The Morgan fingerprint density at radius 2 is 1.67 bits per heavy atom. The number of anilines is 1. The molecule has 0 aliphatic carbocycles. The van der Waals surface area contributed by atoms with Gasteiger partial charge in [0.15, 0.2) is 5.82 Å². The number of likely N-dealkylation sites (tertiary alicyclic amines) is 1. The van der Waals surface area contributed by atoms with Crippen molar-refractivity contribution in [2.45, 2.75) is 52.4 Å². The van der Waals surface area contributed by atoms with E-state index in [4.69, 9.17) is 5.10 Å². The van der Waals surface area contributed by atoms with Gasteiger partial charge < -0.3 is 9.80 Å². The Morgan fingerprint density at radius 3 is 2.41 bits per heavy atom. The van der Waals surface area contributed by atoms with Gasteiger partial charge in [-0.05, 0) is 51.5 Å². The molecule has 0 unspecified atom stereocenters. The molecule has 144 valence electrons. The predicted octanol–water partition coefficient (Wildman–Crippen LogP) is 2.43. The summed E-state index contributed by atoms with van der Waals surface area (Å²) in [6.45, 7) is 8.01. The lowest BCUT2D eigenvalue weighted by Gasteiger charge is -2.16. The van der Waals surface area contributed by atoms with E-state index >= 15 is 0 Å². The molecule has 0 bridgehead atoms. The second-order valence-corrected chi connectivity index (χ2v) is 7.58. The van der Waals surface area contributed by atoms with Crippen LogP contribution in [0, 0.1) is 13.8 Å². The molecule has 2 aliphatic rings. The molecule has 0 saturated carbocycles. The molecule has 0 aromatic carbocycles. The first-order chi connectivity index (χ1) is 13.1. The molecule has 1 amide bonds. The van der Waals surface area contributed by atoms with Crippen LogP contribution in [-0.4, -0.2) is 56.7 Å². The number of aromatic nitrogens is 4. The third kappa shape index (κ3) is 3.68. The first-order valence-corrected chi connectivity index (χ1v) is 10.0. The first kappa shape index (κ1) is 17.9. The van der Waals surface area contributed by atoms with Crippen molar-refractivity contribution in [2.24, 2.45) is 0 Å². The van der Waals surface area contributed by atoms with Crippen LogP contribution in [0.25, 0.3) is 5.82 Å². The molecule has 2 aromatic heterocycles. The molecular formula is C20H28N6O. The van der Waals surface area contributed by atoms with Crippen molar-refractivity contribution in [3.8, 4) is 5.82 Å². The molecule has 4 heterocycles.